The van der Waals surface area contributed by atoms with E-state index in [1.54, 1.807) is 6.92 Å². The van der Waals surface area contributed by atoms with Gasteiger partial charge >= 0.3 is 0 Å². The van der Waals surface area contributed by atoms with E-state index in [4.69, 9.17) is 23.2 Å². The van der Waals surface area contributed by atoms with Crippen LogP contribution in [0.1, 0.15) is 23.0 Å². The van der Waals surface area contributed by atoms with Crippen molar-refractivity contribution in [1.29, 1.82) is 0 Å². The normalized spacial score (nSPS) is 10.5. The average molecular weight is 298 g/mol. The van der Waals surface area contributed by atoms with Crippen LogP contribution in [0.2, 0.25) is 10.0 Å². The molecule has 7 heteroatoms. The van der Waals surface area contributed by atoms with Gasteiger partial charge in [0.15, 0.2) is 5.78 Å². The highest BCUT2D eigenvalue weighted by Gasteiger charge is 2.13. The van der Waals surface area contributed by atoms with E-state index in [9.17, 15) is 9.59 Å². The van der Waals surface area contributed by atoms with Gasteiger partial charge in [-0.15, -0.1) is 0 Å². The largest absolute Gasteiger partial charge is 0.293 e. The molecule has 2 rings (SSSR count). The Morgan fingerprint density at radius 2 is 2.00 bits per heavy atom. The van der Waals surface area contributed by atoms with Crippen LogP contribution in [0.5, 0.6) is 0 Å². The molecule has 98 valence electrons. The topological polar surface area (TPSA) is 64.8 Å². The number of Topliss-reactive ketones (excluding diaryl/α,β-unsaturated/α-hetero) is 1. The Labute approximate surface area is 118 Å². The van der Waals surface area contributed by atoms with Gasteiger partial charge in [-0.25, -0.2) is 0 Å². The predicted octanol–water partition coefficient (Wildman–Crippen LogP) is 2.45. The Balaban J connectivity index is 2.72. The van der Waals surface area contributed by atoms with Crippen molar-refractivity contribution in [2.24, 2.45) is 0 Å². The van der Waals surface area contributed by atoms with E-state index in [1.807, 2.05) is 0 Å². The molecule has 0 unspecified atom stereocenters. The second kappa shape index (κ2) is 5.11. The van der Waals surface area contributed by atoms with Gasteiger partial charge in [-0.2, -0.15) is 9.78 Å². The smallest absolute Gasteiger partial charge is 0.291 e. The lowest BCUT2D eigenvalue weighted by Crippen LogP contribution is -2.22. The molecule has 0 aliphatic heterocycles. The van der Waals surface area contributed by atoms with Gasteiger partial charge in [0.25, 0.3) is 5.56 Å². The summed E-state index contributed by atoms with van der Waals surface area (Å²) >= 11 is 11.5. The van der Waals surface area contributed by atoms with E-state index < -0.39 is 5.56 Å². The fourth-order valence-electron chi connectivity index (χ4n) is 1.52. The molecule has 0 atom stereocenters. The minimum atomic E-state index is -0.544. The number of rotatable bonds is 2. The van der Waals surface area contributed by atoms with Crippen LogP contribution in [0.4, 0.5) is 0 Å². The number of carbonyl (C=O) groups excluding carboxylic acids is 1. The highest BCUT2D eigenvalue weighted by atomic mass is 35.5. The van der Waals surface area contributed by atoms with Gasteiger partial charge in [0.2, 0.25) is 0 Å². The summed E-state index contributed by atoms with van der Waals surface area (Å²) in [7, 11) is 0. The standard InChI is InChI=1S/C12H9Cl2N3O2/c1-6-4-15-9(7(2)18)3-10(6)17-12(19)11(14)8(13)5-16-17/h3-5H,1-2H3. The Morgan fingerprint density at radius 1 is 1.32 bits per heavy atom. The van der Waals surface area contributed by atoms with Gasteiger partial charge in [-0.3, -0.25) is 14.6 Å². The second-order valence-corrected chi connectivity index (χ2v) is 4.72. The zero-order valence-corrected chi connectivity index (χ0v) is 11.7. The highest BCUT2D eigenvalue weighted by molar-refractivity contribution is 6.41. The summed E-state index contributed by atoms with van der Waals surface area (Å²) in [6.07, 6.45) is 2.78. The van der Waals surface area contributed by atoms with Crippen LogP contribution in [0, 0.1) is 6.92 Å². The minimum Gasteiger partial charge on any atom is -0.293 e. The van der Waals surface area contributed by atoms with E-state index in [0.29, 0.717) is 11.3 Å². The average Bonchev–Trinajstić information content (AvgIpc) is 2.37. The molecule has 0 aliphatic rings. The van der Waals surface area contributed by atoms with E-state index >= 15 is 0 Å². The monoisotopic (exact) mass is 297 g/mol. The Bertz CT molecular complexity index is 725. The highest BCUT2D eigenvalue weighted by Crippen LogP contribution is 2.18. The van der Waals surface area contributed by atoms with Gasteiger partial charge in [-0.05, 0) is 18.6 Å². The molecule has 2 heterocycles. The van der Waals surface area contributed by atoms with Crippen molar-refractivity contribution in [1.82, 2.24) is 14.8 Å². The summed E-state index contributed by atoms with van der Waals surface area (Å²) in [5.41, 5.74) is 0.847. The lowest BCUT2D eigenvalue weighted by Gasteiger charge is -2.09. The van der Waals surface area contributed by atoms with Gasteiger partial charge in [0.1, 0.15) is 10.7 Å². The van der Waals surface area contributed by atoms with Crippen LogP contribution in [0.25, 0.3) is 5.69 Å². The zero-order valence-electron chi connectivity index (χ0n) is 10.1. The lowest BCUT2D eigenvalue weighted by molar-refractivity contribution is 0.101. The van der Waals surface area contributed by atoms with Gasteiger partial charge < -0.3 is 0 Å². The molecule has 0 spiro atoms. The van der Waals surface area contributed by atoms with Crippen molar-refractivity contribution in [3.8, 4) is 5.69 Å². The van der Waals surface area contributed by atoms with Crippen LogP contribution < -0.4 is 5.56 Å². The molecule has 2 aromatic heterocycles. The first kappa shape index (κ1) is 13.7. The molecule has 0 aliphatic carbocycles. The quantitative estimate of drug-likeness (QED) is 0.799. The van der Waals surface area contributed by atoms with Crippen LogP contribution in [-0.2, 0) is 0 Å². The Hall–Kier alpha value is -1.72. The third kappa shape index (κ3) is 2.52. The fraction of sp³-hybridized carbons (Fsp3) is 0.167. The third-order valence-electron chi connectivity index (χ3n) is 2.54. The summed E-state index contributed by atoms with van der Waals surface area (Å²) < 4.78 is 1.09. The van der Waals surface area contributed by atoms with Gasteiger partial charge in [-0.1, -0.05) is 23.2 Å². The first-order valence-electron chi connectivity index (χ1n) is 5.33. The number of aromatic nitrogens is 3. The molecule has 0 amide bonds. The number of ketones is 1. The fourth-order valence-corrected chi connectivity index (χ4v) is 1.77. The molecule has 0 aromatic carbocycles. The molecular formula is C12H9Cl2N3O2. The molecule has 19 heavy (non-hydrogen) atoms. The molecule has 0 fully saturated rings. The molecule has 5 nitrogen and oxygen atoms in total. The summed E-state index contributed by atoms with van der Waals surface area (Å²) in [6, 6.07) is 1.50. The number of carbonyl (C=O) groups is 1. The molecule has 2 aromatic rings. The van der Waals surface area contributed by atoms with Crippen molar-refractivity contribution in [2.75, 3.05) is 0 Å². The number of pyridine rings is 1. The Morgan fingerprint density at radius 3 is 2.63 bits per heavy atom. The molecule has 0 saturated carbocycles. The van der Waals surface area contributed by atoms with Crippen molar-refractivity contribution in [2.45, 2.75) is 13.8 Å². The summed E-state index contributed by atoms with van der Waals surface area (Å²) in [5, 5.41) is 3.89. The number of aryl methyl sites for hydroxylation is 1. The molecule has 0 bridgehead atoms. The third-order valence-corrected chi connectivity index (χ3v) is 3.29. The van der Waals surface area contributed by atoms with Crippen molar-refractivity contribution in [3.05, 3.63) is 50.1 Å². The number of halogens is 2. The second-order valence-electron chi connectivity index (χ2n) is 3.94. The van der Waals surface area contributed by atoms with E-state index in [1.165, 1.54) is 25.4 Å². The molecular weight excluding hydrogens is 289 g/mol. The van der Waals surface area contributed by atoms with Crippen LogP contribution in [0.15, 0.2) is 23.3 Å². The number of hydrogen-bond donors (Lipinski definition) is 0. The van der Waals surface area contributed by atoms with Crippen molar-refractivity contribution in [3.63, 3.8) is 0 Å². The molecule has 0 radical (unpaired) electrons. The number of hydrogen-bond acceptors (Lipinski definition) is 4. The van der Waals surface area contributed by atoms with Crippen LogP contribution >= 0.6 is 23.2 Å². The predicted molar refractivity (Wildman–Crippen MR) is 72.4 cm³/mol. The van der Waals surface area contributed by atoms with Crippen molar-refractivity contribution >= 4 is 29.0 Å². The maximum atomic E-state index is 12.0. The first-order valence-corrected chi connectivity index (χ1v) is 6.08. The molecule has 0 N–H and O–H groups in total. The molecule has 0 saturated heterocycles. The van der Waals surface area contributed by atoms with Crippen LogP contribution in [-0.4, -0.2) is 20.5 Å². The summed E-state index contributed by atoms with van der Waals surface area (Å²) in [4.78, 5) is 27.3. The number of nitrogens with zero attached hydrogens (tertiary/aromatic N) is 3. The van der Waals surface area contributed by atoms with E-state index in [0.717, 1.165) is 4.68 Å². The van der Waals surface area contributed by atoms with Crippen molar-refractivity contribution < 1.29 is 4.79 Å². The van der Waals surface area contributed by atoms with E-state index in [2.05, 4.69) is 10.1 Å². The maximum absolute atomic E-state index is 12.0. The zero-order chi connectivity index (χ0) is 14.2. The van der Waals surface area contributed by atoms with Crippen LogP contribution in [0.3, 0.4) is 0 Å². The summed E-state index contributed by atoms with van der Waals surface area (Å²) in [6.45, 7) is 3.15. The lowest BCUT2D eigenvalue weighted by atomic mass is 10.2. The minimum absolute atomic E-state index is 0.0846. The van der Waals surface area contributed by atoms with E-state index in [-0.39, 0.29) is 21.5 Å². The Kier molecular flexibility index (Phi) is 3.68. The van der Waals surface area contributed by atoms with Gasteiger partial charge in [0.05, 0.1) is 16.9 Å². The first-order chi connectivity index (χ1) is 8.91. The summed E-state index contributed by atoms with van der Waals surface area (Å²) in [5.74, 6) is -0.200. The van der Waals surface area contributed by atoms with Gasteiger partial charge in [0, 0.05) is 13.1 Å². The SMILES string of the molecule is CC(=O)c1cc(-n2ncc(Cl)c(Cl)c2=O)c(C)cn1. The maximum Gasteiger partial charge on any atom is 0.291 e.